The SMILES string of the molecule is COc1cc(C(=O)NCC2(N(C)C)CCCC2)ccc1OCc1cscn1. The number of hydrogen-bond donors (Lipinski definition) is 1. The maximum Gasteiger partial charge on any atom is 0.251 e. The summed E-state index contributed by atoms with van der Waals surface area (Å²) in [5.41, 5.74) is 3.28. The molecule has 1 aromatic heterocycles. The first-order valence-corrected chi connectivity index (χ1v) is 10.1. The molecule has 1 aromatic carbocycles. The quantitative estimate of drug-likeness (QED) is 0.750. The highest BCUT2D eigenvalue weighted by Crippen LogP contribution is 2.33. The third-order valence-corrected chi connectivity index (χ3v) is 5.98. The lowest BCUT2D eigenvalue weighted by Crippen LogP contribution is -2.50. The second-order valence-corrected chi connectivity index (χ2v) is 7.86. The van der Waals surface area contributed by atoms with Gasteiger partial charge < -0.3 is 19.7 Å². The van der Waals surface area contributed by atoms with Crippen LogP contribution in [0.25, 0.3) is 0 Å². The summed E-state index contributed by atoms with van der Waals surface area (Å²) in [6.45, 7) is 1.03. The summed E-state index contributed by atoms with van der Waals surface area (Å²) in [5, 5.41) is 5.04. The van der Waals surface area contributed by atoms with E-state index in [9.17, 15) is 4.79 Å². The number of nitrogens with one attached hydrogen (secondary N) is 1. The Labute approximate surface area is 164 Å². The van der Waals surface area contributed by atoms with E-state index in [-0.39, 0.29) is 11.4 Å². The highest BCUT2D eigenvalue weighted by atomic mass is 32.1. The highest BCUT2D eigenvalue weighted by molar-refractivity contribution is 7.07. The van der Waals surface area contributed by atoms with E-state index in [2.05, 4.69) is 29.3 Å². The number of thiazole rings is 1. The lowest BCUT2D eigenvalue weighted by Gasteiger charge is -2.36. The fraction of sp³-hybridized carbons (Fsp3) is 0.500. The van der Waals surface area contributed by atoms with E-state index in [1.54, 1.807) is 30.8 Å². The van der Waals surface area contributed by atoms with E-state index in [0.29, 0.717) is 30.2 Å². The van der Waals surface area contributed by atoms with Crippen LogP contribution >= 0.6 is 11.3 Å². The summed E-state index contributed by atoms with van der Waals surface area (Å²) in [4.78, 5) is 19.1. The molecule has 1 saturated carbocycles. The Morgan fingerprint density at radius 3 is 2.70 bits per heavy atom. The van der Waals surface area contributed by atoms with Gasteiger partial charge in [-0.1, -0.05) is 12.8 Å². The van der Waals surface area contributed by atoms with Gasteiger partial charge >= 0.3 is 0 Å². The number of carbonyl (C=O) groups excluding carboxylic acids is 1. The van der Waals surface area contributed by atoms with E-state index in [1.807, 2.05) is 5.38 Å². The van der Waals surface area contributed by atoms with E-state index >= 15 is 0 Å². The van der Waals surface area contributed by atoms with Crippen molar-refractivity contribution in [3.63, 3.8) is 0 Å². The zero-order chi connectivity index (χ0) is 19.3. The van der Waals surface area contributed by atoms with Gasteiger partial charge in [0.05, 0.1) is 18.3 Å². The van der Waals surface area contributed by atoms with Gasteiger partial charge in [0.1, 0.15) is 6.61 Å². The van der Waals surface area contributed by atoms with Gasteiger partial charge in [0, 0.05) is 23.0 Å². The highest BCUT2D eigenvalue weighted by Gasteiger charge is 2.36. The molecule has 3 rings (SSSR count). The molecular formula is C20H27N3O3S. The van der Waals surface area contributed by atoms with Gasteiger partial charge in [-0.25, -0.2) is 4.98 Å². The van der Waals surface area contributed by atoms with Crippen LogP contribution < -0.4 is 14.8 Å². The summed E-state index contributed by atoms with van der Waals surface area (Å²) >= 11 is 1.53. The lowest BCUT2D eigenvalue weighted by molar-refractivity contribution is 0.0899. The lowest BCUT2D eigenvalue weighted by atomic mass is 9.96. The van der Waals surface area contributed by atoms with Crippen molar-refractivity contribution in [1.82, 2.24) is 15.2 Å². The smallest absolute Gasteiger partial charge is 0.251 e. The molecule has 1 aliphatic rings. The topological polar surface area (TPSA) is 63.7 Å². The molecule has 27 heavy (non-hydrogen) atoms. The molecule has 2 aromatic rings. The Kier molecular flexibility index (Phi) is 6.34. The van der Waals surface area contributed by atoms with Crippen molar-refractivity contribution in [1.29, 1.82) is 0 Å². The molecule has 1 aliphatic carbocycles. The Balaban J connectivity index is 1.64. The van der Waals surface area contributed by atoms with Crippen molar-refractivity contribution in [2.45, 2.75) is 37.8 Å². The van der Waals surface area contributed by atoms with Gasteiger partial charge in [0.2, 0.25) is 0 Å². The molecule has 1 fully saturated rings. The van der Waals surface area contributed by atoms with Crippen LogP contribution in [0.15, 0.2) is 29.1 Å². The first kappa shape index (κ1) is 19.6. The number of benzene rings is 1. The molecule has 0 saturated heterocycles. The Hall–Kier alpha value is -2.12. The van der Waals surface area contributed by atoms with E-state index in [1.165, 1.54) is 24.2 Å². The Morgan fingerprint density at radius 2 is 2.07 bits per heavy atom. The minimum atomic E-state index is -0.0903. The van der Waals surface area contributed by atoms with Crippen LogP contribution in [0.4, 0.5) is 0 Å². The average molecular weight is 390 g/mol. The molecule has 0 bridgehead atoms. The Morgan fingerprint density at radius 1 is 1.30 bits per heavy atom. The molecule has 146 valence electrons. The predicted molar refractivity (Wildman–Crippen MR) is 107 cm³/mol. The van der Waals surface area contributed by atoms with Gasteiger partial charge in [-0.05, 0) is 45.1 Å². The summed E-state index contributed by atoms with van der Waals surface area (Å²) in [7, 11) is 5.76. The number of ether oxygens (including phenoxy) is 2. The second kappa shape index (κ2) is 8.71. The zero-order valence-electron chi connectivity index (χ0n) is 16.2. The third-order valence-electron chi connectivity index (χ3n) is 5.35. The summed E-state index contributed by atoms with van der Waals surface area (Å²) in [5.74, 6) is 1.05. The van der Waals surface area contributed by atoms with Crippen LogP contribution in [0.2, 0.25) is 0 Å². The number of aromatic nitrogens is 1. The molecule has 0 aliphatic heterocycles. The molecule has 0 radical (unpaired) electrons. The average Bonchev–Trinajstić information content (AvgIpc) is 3.36. The van der Waals surface area contributed by atoms with E-state index in [4.69, 9.17) is 9.47 Å². The predicted octanol–water partition coefficient (Wildman–Crippen LogP) is 3.33. The molecule has 0 unspecified atom stereocenters. The van der Waals surface area contributed by atoms with Crippen LogP contribution in [0, 0.1) is 0 Å². The molecule has 1 heterocycles. The molecule has 7 heteroatoms. The first-order chi connectivity index (χ1) is 13.0. The van der Waals surface area contributed by atoms with E-state index < -0.39 is 0 Å². The van der Waals surface area contributed by atoms with Crippen LogP contribution in [-0.4, -0.2) is 49.1 Å². The van der Waals surface area contributed by atoms with Gasteiger partial charge in [0.25, 0.3) is 5.91 Å². The van der Waals surface area contributed by atoms with Crippen molar-refractivity contribution in [3.8, 4) is 11.5 Å². The summed E-state index contributed by atoms with van der Waals surface area (Å²) in [6.07, 6.45) is 4.67. The van der Waals surface area contributed by atoms with Crippen LogP contribution in [0.5, 0.6) is 11.5 Å². The van der Waals surface area contributed by atoms with Crippen molar-refractivity contribution < 1.29 is 14.3 Å². The van der Waals surface area contributed by atoms with Crippen molar-refractivity contribution in [3.05, 3.63) is 40.3 Å². The number of rotatable bonds is 8. The third kappa shape index (κ3) is 4.59. The second-order valence-electron chi connectivity index (χ2n) is 7.14. The minimum absolute atomic E-state index is 0.0658. The van der Waals surface area contributed by atoms with Gasteiger partial charge in [-0.15, -0.1) is 11.3 Å². The van der Waals surface area contributed by atoms with Crippen molar-refractivity contribution in [2.24, 2.45) is 0 Å². The van der Waals surface area contributed by atoms with Gasteiger partial charge in [-0.3, -0.25) is 4.79 Å². The van der Waals surface area contributed by atoms with Gasteiger partial charge in [0.15, 0.2) is 11.5 Å². The van der Waals surface area contributed by atoms with Crippen LogP contribution in [0.3, 0.4) is 0 Å². The summed E-state index contributed by atoms with van der Waals surface area (Å²) in [6, 6.07) is 5.27. The Bertz CT molecular complexity index is 756. The maximum atomic E-state index is 12.7. The largest absolute Gasteiger partial charge is 0.493 e. The number of carbonyl (C=O) groups is 1. The fourth-order valence-corrected chi connectivity index (χ4v) is 4.09. The standard InChI is InChI=1S/C20H27N3O3S/c1-23(2)20(8-4-5-9-20)13-21-19(24)15-6-7-17(18(10-15)25-3)26-11-16-12-27-14-22-16/h6-7,10,12,14H,4-5,8-9,11,13H2,1-3H3,(H,21,24). The number of nitrogens with zero attached hydrogens (tertiary/aromatic N) is 2. The number of hydrogen-bond acceptors (Lipinski definition) is 6. The maximum absolute atomic E-state index is 12.7. The minimum Gasteiger partial charge on any atom is -0.493 e. The normalized spacial score (nSPS) is 15.7. The zero-order valence-corrected chi connectivity index (χ0v) is 17.0. The van der Waals surface area contributed by atoms with Crippen molar-refractivity contribution >= 4 is 17.2 Å². The summed E-state index contributed by atoms with van der Waals surface area (Å²) < 4.78 is 11.2. The molecule has 0 spiro atoms. The van der Waals surface area contributed by atoms with E-state index in [0.717, 1.165) is 18.5 Å². The van der Waals surface area contributed by atoms with Crippen LogP contribution in [0.1, 0.15) is 41.7 Å². The number of amides is 1. The molecule has 1 N–H and O–H groups in total. The van der Waals surface area contributed by atoms with Crippen molar-refractivity contribution in [2.75, 3.05) is 27.7 Å². The fourth-order valence-electron chi connectivity index (χ4n) is 3.55. The molecular weight excluding hydrogens is 362 g/mol. The first-order valence-electron chi connectivity index (χ1n) is 9.18. The van der Waals surface area contributed by atoms with Crippen LogP contribution in [-0.2, 0) is 6.61 Å². The van der Waals surface area contributed by atoms with Gasteiger partial charge in [-0.2, -0.15) is 0 Å². The number of methoxy groups -OCH3 is 1. The monoisotopic (exact) mass is 389 g/mol. The molecule has 1 amide bonds. The number of likely N-dealkylation sites (N-methyl/N-ethyl adjacent to an activating group) is 1. The molecule has 0 atom stereocenters. The molecule has 6 nitrogen and oxygen atoms in total.